The topological polar surface area (TPSA) is 27.7 Å². The van der Waals surface area contributed by atoms with E-state index in [9.17, 15) is 30.9 Å². The van der Waals surface area contributed by atoms with Crippen LogP contribution in [-0.2, 0) is 14.4 Å². The predicted octanol–water partition coefficient (Wildman–Crippen LogP) is 2.33. The Labute approximate surface area is 78.6 Å². The maximum absolute atomic E-state index is 12.2. The lowest BCUT2D eigenvalue weighted by molar-refractivity contribution is -0.515. The third-order valence-corrected chi connectivity index (χ3v) is 1.03. The first kappa shape index (κ1) is 14.4. The molecular weight excluding hydrogens is 241 g/mol. The highest BCUT2D eigenvalue weighted by Gasteiger charge is 2.65. The molecule has 0 rings (SSSR count). The molecule has 0 aliphatic heterocycles. The van der Waals surface area contributed by atoms with Gasteiger partial charge in [-0.25, -0.2) is 4.74 Å². The van der Waals surface area contributed by atoms with E-state index in [4.69, 9.17) is 0 Å². The van der Waals surface area contributed by atoms with E-state index in [0.29, 0.717) is 7.11 Å². The second-order valence-electron chi connectivity index (χ2n) is 2.28. The minimum absolute atomic E-state index is 0.694. The molecule has 15 heavy (non-hydrogen) atoms. The number of rotatable bonds is 6. The van der Waals surface area contributed by atoms with E-state index >= 15 is 0 Å². The average molecular weight is 246 g/mol. The van der Waals surface area contributed by atoms with E-state index < -0.39 is 24.9 Å². The van der Waals surface area contributed by atoms with Crippen LogP contribution in [0.2, 0.25) is 0 Å². The lowest BCUT2D eigenvalue weighted by atomic mass is 10.5. The van der Waals surface area contributed by atoms with Crippen molar-refractivity contribution >= 4 is 0 Å². The monoisotopic (exact) mass is 246 g/mol. The minimum Gasteiger partial charge on any atom is -0.376 e. The summed E-state index contributed by atoms with van der Waals surface area (Å²) in [7, 11) is 0.694. The highest BCUT2D eigenvalue weighted by molar-refractivity contribution is 4.68. The molecule has 0 amide bonds. The molecule has 0 aromatic heterocycles. The van der Waals surface area contributed by atoms with Crippen molar-refractivity contribution in [1.82, 2.24) is 0 Å². The summed E-state index contributed by atoms with van der Waals surface area (Å²) in [6, 6.07) is 0. The van der Waals surface area contributed by atoms with Crippen molar-refractivity contribution in [3.63, 3.8) is 0 Å². The molecule has 0 unspecified atom stereocenters. The van der Waals surface area contributed by atoms with Gasteiger partial charge >= 0.3 is 18.3 Å². The zero-order chi connectivity index (χ0) is 12.3. The van der Waals surface area contributed by atoms with E-state index in [2.05, 4.69) is 9.47 Å². The summed E-state index contributed by atoms with van der Waals surface area (Å²) in [5, 5.41) is 0. The summed E-state index contributed by atoms with van der Waals surface area (Å²) in [4.78, 5) is 1.54. The maximum Gasteiger partial charge on any atom is 0.478 e. The van der Waals surface area contributed by atoms with Gasteiger partial charge in [0.1, 0.15) is 6.61 Å². The Kier molecular flexibility index (Phi) is 4.31. The molecule has 92 valence electrons. The third-order valence-electron chi connectivity index (χ3n) is 1.03. The Balaban J connectivity index is 4.63. The van der Waals surface area contributed by atoms with E-state index in [1.807, 2.05) is 0 Å². The van der Waals surface area contributed by atoms with Crippen molar-refractivity contribution < 1.29 is 45.3 Å². The number of hydrogen-bond acceptors (Lipinski definition) is 3. The van der Waals surface area contributed by atoms with E-state index in [-0.39, 0.29) is 0 Å². The van der Waals surface area contributed by atoms with E-state index in [1.165, 1.54) is 0 Å². The first-order valence-electron chi connectivity index (χ1n) is 3.20. The Morgan fingerprint density at radius 2 is 1.40 bits per heavy atom. The molecule has 10 heteroatoms. The molecule has 0 bridgehead atoms. The Morgan fingerprint density at radius 1 is 0.933 bits per heavy atom. The van der Waals surface area contributed by atoms with Crippen molar-refractivity contribution in [2.24, 2.45) is 0 Å². The van der Waals surface area contributed by atoms with Gasteiger partial charge in [-0.05, 0) is 4.53 Å². The fraction of sp³-hybridized carbons (Fsp3) is 1.00. The minimum atomic E-state index is -5.83. The highest BCUT2D eigenvalue weighted by Crippen LogP contribution is 2.40. The second kappa shape index (κ2) is 4.49. The van der Waals surface area contributed by atoms with Gasteiger partial charge < -0.3 is 4.74 Å². The van der Waals surface area contributed by atoms with Gasteiger partial charge in [-0.2, -0.15) is 26.3 Å². The van der Waals surface area contributed by atoms with Crippen LogP contribution in [0.5, 0.6) is 0 Å². The quantitative estimate of drug-likeness (QED) is 0.673. The fourth-order valence-corrected chi connectivity index (χ4v) is 0.489. The van der Waals surface area contributed by atoms with Crippen molar-refractivity contribution in [2.75, 3.05) is 13.7 Å². The normalized spacial score (nSPS) is 14.4. The number of alkyl halides is 6. The molecule has 0 aromatic carbocycles. The van der Waals surface area contributed by atoms with Crippen molar-refractivity contribution in [3.8, 4) is 0 Å². The molecule has 0 saturated carbocycles. The van der Waals surface area contributed by atoms with Gasteiger partial charge in [0.25, 0.3) is 0 Å². The van der Waals surface area contributed by atoms with Gasteiger partial charge in [-0.3, -0.25) is 0 Å². The standard InChI is InChI=1S/C5H5F7O3/c1-13-2-3(6,7)14-4(8,9)5(10,11)15-12/h2H2,1H3. The summed E-state index contributed by atoms with van der Waals surface area (Å²) in [6.45, 7) is -1.70. The summed E-state index contributed by atoms with van der Waals surface area (Å²) in [5.41, 5.74) is 0. The highest BCUT2D eigenvalue weighted by atomic mass is 19.4. The van der Waals surface area contributed by atoms with Crippen molar-refractivity contribution in [3.05, 3.63) is 0 Å². The molecule has 0 aliphatic rings. The van der Waals surface area contributed by atoms with Crippen LogP contribution in [0.3, 0.4) is 0 Å². The lowest BCUT2D eigenvalue weighted by Gasteiger charge is -2.25. The Hall–Kier alpha value is -0.610. The van der Waals surface area contributed by atoms with Gasteiger partial charge in [0.15, 0.2) is 0 Å². The summed E-state index contributed by atoms with van der Waals surface area (Å²) < 4.78 is 89.6. The van der Waals surface area contributed by atoms with Crippen LogP contribution in [0.25, 0.3) is 0 Å². The maximum atomic E-state index is 12.2. The van der Waals surface area contributed by atoms with Crippen LogP contribution in [-0.4, -0.2) is 32.0 Å². The largest absolute Gasteiger partial charge is 0.478 e. The van der Waals surface area contributed by atoms with Crippen LogP contribution in [0.1, 0.15) is 0 Å². The summed E-state index contributed by atoms with van der Waals surface area (Å²) in [5.74, 6) is 0. The molecule has 0 aliphatic carbocycles. The number of hydrogen-bond donors (Lipinski definition) is 0. The molecule has 0 aromatic rings. The predicted molar refractivity (Wildman–Crippen MR) is 30.0 cm³/mol. The Morgan fingerprint density at radius 3 is 1.73 bits per heavy atom. The molecule has 0 radical (unpaired) electrons. The molecule has 0 N–H and O–H groups in total. The zero-order valence-corrected chi connectivity index (χ0v) is 7.08. The van der Waals surface area contributed by atoms with Crippen molar-refractivity contribution in [2.45, 2.75) is 18.3 Å². The van der Waals surface area contributed by atoms with Crippen LogP contribution < -0.4 is 0 Å². The van der Waals surface area contributed by atoms with Gasteiger partial charge in [-0.1, -0.05) is 0 Å². The van der Waals surface area contributed by atoms with Gasteiger partial charge in [0, 0.05) is 7.11 Å². The van der Waals surface area contributed by atoms with E-state index in [0.717, 1.165) is 0 Å². The molecular formula is C5H5F7O3. The first-order valence-corrected chi connectivity index (χ1v) is 3.20. The van der Waals surface area contributed by atoms with Crippen LogP contribution in [0.4, 0.5) is 30.9 Å². The lowest BCUT2D eigenvalue weighted by Crippen LogP contribution is -2.48. The molecule has 0 saturated heterocycles. The summed E-state index contributed by atoms with van der Waals surface area (Å²) in [6.07, 6.45) is -16.4. The second-order valence-corrected chi connectivity index (χ2v) is 2.28. The van der Waals surface area contributed by atoms with Gasteiger partial charge in [-0.15, -0.1) is 4.94 Å². The third kappa shape index (κ3) is 3.80. The molecule has 0 atom stereocenters. The van der Waals surface area contributed by atoms with Gasteiger partial charge in [0.05, 0.1) is 0 Å². The van der Waals surface area contributed by atoms with E-state index in [1.54, 1.807) is 4.94 Å². The van der Waals surface area contributed by atoms with Gasteiger partial charge in [0.2, 0.25) is 0 Å². The van der Waals surface area contributed by atoms with Crippen LogP contribution >= 0.6 is 0 Å². The number of halogens is 7. The summed E-state index contributed by atoms with van der Waals surface area (Å²) >= 11 is 0. The SMILES string of the molecule is COCC(F)(F)OC(F)(F)C(F)(F)OF. The molecule has 0 heterocycles. The smallest absolute Gasteiger partial charge is 0.376 e. The molecule has 0 spiro atoms. The van der Waals surface area contributed by atoms with Crippen LogP contribution in [0.15, 0.2) is 0 Å². The molecule has 0 fully saturated rings. The van der Waals surface area contributed by atoms with Crippen molar-refractivity contribution in [1.29, 1.82) is 0 Å². The first-order chi connectivity index (χ1) is 6.58. The zero-order valence-electron chi connectivity index (χ0n) is 7.08. The van der Waals surface area contributed by atoms with Crippen LogP contribution in [0, 0.1) is 0 Å². The Bertz CT molecular complexity index is 207. The number of methoxy groups -OCH3 is 1. The average Bonchev–Trinajstić information content (AvgIpc) is 2.01. The number of ether oxygens (including phenoxy) is 2. The molecule has 3 nitrogen and oxygen atoms in total. The fourth-order valence-electron chi connectivity index (χ4n) is 0.489.